The predicted octanol–water partition coefficient (Wildman–Crippen LogP) is 2.08. The zero-order chi connectivity index (χ0) is 15.3. The molecule has 0 heterocycles. The molecule has 1 aromatic rings. The van der Waals surface area contributed by atoms with E-state index < -0.39 is 33.0 Å². The molecule has 0 aliphatic carbocycles. The Hall–Kier alpha value is -2.91. The fourth-order valence-corrected chi connectivity index (χ4v) is 1.39. The minimum atomic E-state index is -1.02. The van der Waals surface area contributed by atoms with Crippen LogP contribution in [0.25, 0.3) is 0 Å². The van der Waals surface area contributed by atoms with Crippen LogP contribution in [0.5, 0.6) is 5.75 Å². The maximum absolute atomic E-state index is 11.3. The highest BCUT2D eigenvalue weighted by Gasteiger charge is 2.29. The monoisotopic (exact) mass is 285 g/mol. The summed E-state index contributed by atoms with van der Waals surface area (Å²) in [6, 6.07) is 1.93. The summed E-state index contributed by atoms with van der Waals surface area (Å²) in [5.74, 6) is -0.0715. The summed E-state index contributed by atoms with van der Waals surface area (Å²) in [5.41, 5.74) is -1.88. The van der Waals surface area contributed by atoms with E-state index >= 15 is 0 Å². The van der Waals surface area contributed by atoms with Crippen molar-refractivity contribution in [3.63, 3.8) is 0 Å². The maximum atomic E-state index is 11.3. The van der Waals surface area contributed by atoms with E-state index in [4.69, 9.17) is 4.74 Å². The van der Waals surface area contributed by atoms with Crippen molar-refractivity contribution in [1.82, 2.24) is 0 Å². The normalized spacial score (nSPS) is 9.70. The van der Waals surface area contributed by atoms with Crippen LogP contribution in [-0.4, -0.2) is 29.7 Å². The standard InChI is InChI=1S/C10H11N3O7/c1-3-20-10(14)11-9-7(12(15)16)4-6(19-2)5-8(9)13(17)18/h4-5H,3H2,1-2H3,(H,11,14). The molecule has 0 spiro atoms. The Morgan fingerprint density at radius 1 is 1.25 bits per heavy atom. The van der Waals surface area contributed by atoms with Crippen LogP contribution in [0.15, 0.2) is 12.1 Å². The van der Waals surface area contributed by atoms with Gasteiger partial charge >= 0.3 is 17.5 Å². The molecule has 10 nitrogen and oxygen atoms in total. The molecule has 0 aliphatic heterocycles. The summed E-state index contributed by atoms with van der Waals surface area (Å²) < 4.78 is 9.30. The van der Waals surface area contributed by atoms with Crippen molar-refractivity contribution in [2.24, 2.45) is 0 Å². The third-order valence-corrected chi connectivity index (χ3v) is 2.20. The van der Waals surface area contributed by atoms with Gasteiger partial charge in [0.25, 0.3) is 0 Å². The number of hydrogen-bond donors (Lipinski definition) is 1. The number of hydrogen-bond acceptors (Lipinski definition) is 7. The molecule has 0 saturated heterocycles. The number of nitrogens with one attached hydrogen (secondary N) is 1. The molecule has 0 unspecified atom stereocenters. The van der Waals surface area contributed by atoms with Gasteiger partial charge in [0, 0.05) is 0 Å². The summed E-state index contributed by atoms with van der Waals surface area (Å²) in [5, 5.41) is 23.9. The van der Waals surface area contributed by atoms with E-state index in [1.807, 2.05) is 5.32 Å². The number of amides is 1. The van der Waals surface area contributed by atoms with Gasteiger partial charge in [-0.15, -0.1) is 0 Å². The molecule has 10 heteroatoms. The van der Waals surface area contributed by atoms with E-state index in [0.29, 0.717) is 0 Å². The molecule has 20 heavy (non-hydrogen) atoms. The zero-order valence-corrected chi connectivity index (χ0v) is 10.6. The molecule has 108 valence electrons. The van der Waals surface area contributed by atoms with Gasteiger partial charge in [0.2, 0.25) is 5.69 Å². The average Bonchev–Trinajstić information content (AvgIpc) is 2.38. The van der Waals surface area contributed by atoms with Gasteiger partial charge in [-0.25, -0.2) is 4.79 Å². The van der Waals surface area contributed by atoms with Gasteiger partial charge in [0.1, 0.15) is 5.75 Å². The molecule has 0 bridgehead atoms. The van der Waals surface area contributed by atoms with Crippen molar-refractivity contribution in [1.29, 1.82) is 0 Å². The Morgan fingerprint density at radius 2 is 1.75 bits per heavy atom. The molecule has 1 rings (SSSR count). The van der Waals surface area contributed by atoms with E-state index in [2.05, 4.69) is 4.74 Å². The van der Waals surface area contributed by atoms with Crippen molar-refractivity contribution >= 4 is 23.2 Å². The average molecular weight is 285 g/mol. The van der Waals surface area contributed by atoms with Crippen molar-refractivity contribution in [3.8, 4) is 5.75 Å². The number of rotatable bonds is 5. The molecule has 1 amide bonds. The molecule has 1 aromatic carbocycles. The molecule has 0 aliphatic rings. The minimum absolute atomic E-state index is 0.0174. The van der Waals surface area contributed by atoms with E-state index in [0.717, 1.165) is 12.1 Å². The number of anilines is 1. The molecular formula is C10H11N3O7. The van der Waals surface area contributed by atoms with E-state index in [9.17, 15) is 25.0 Å². The molecular weight excluding hydrogens is 274 g/mol. The molecule has 0 saturated carbocycles. The lowest BCUT2D eigenvalue weighted by Crippen LogP contribution is -2.15. The number of benzene rings is 1. The number of nitrogens with zero attached hydrogens (tertiary/aromatic N) is 2. The quantitative estimate of drug-likeness (QED) is 0.646. The zero-order valence-electron chi connectivity index (χ0n) is 10.6. The number of methoxy groups -OCH3 is 1. The van der Waals surface area contributed by atoms with Crippen LogP contribution in [0.2, 0.25) is 0 Å². The number of nitro benzene ring substituents is 2. The highest BCUT2D eigenvalue weighted by molar-refractivity contribution is 5.92. The van der Waals surface area contributed by atoms with E-state index in [-0.39, 0.29) is 12.4 Å². The van der Waals surface area contributed by atoms with E-state index in [1.54, 1.807) is 0 Å². The maximum Gasteiger partial charge on any atom is 0.412 e. The summed E-state index contributed by atoms with van der Waals surface area (Å²) in [6.07, 6.45) is -1.02. The Morgan fingerprint density at radius 3 is 2.10 bits per heavy atom. The third kappa shape index (κ3) is 3.31. The number of carbonyl (C=O) groups is 1. The van der Waals surface area contributed by atoms with Crippen LogP contribution in [0, 0.1) is 20.2 Å². The smallest absolute Gasteiger partial charge is 0.412 e. The molecule has 0 radical (unpaired) electrons. The summed E-state index contributed by atoms with van der Waals surface area (Å²) in [7, 11) is 1.21. The van der Waals surface area contributed by atoms with Gasteiger partial charge in [-0.1, -0.05) is 0 Å². The van der Waals surface area contributed by atoms with Crippen molar-refractivity contribution < 1.29 is 24.1 Å². The molecule has 0 fully saturated rings. The van der Waals surface area contributed by atoms with Gasteiger partial charge in [-0.05, 0) is 6.92 Å². The highest BCUT2D eigenvalue weighted by Crippen LogP contribution is 2.38. The molecule has 1 N–H and O–H groups in total. The second-order valence-electron chi connectivity index (χ2n) is 3.40. The summed E-state index contributed by atoms with van der Waals surface area (Å²) in [4.78, 5) is 31.5. The lowest BCUT2D eigenvalue weighted by Gasteiger charge is -2.08. The van der Waals surface area contributed by atoms with Gasteiger partial charge in [0.15, 0.2) is 0 Å². The highest BCUT2D eigenvalue weighted by atomic mass is 16.6. The Kier molecular flexibility index (Phi) is 4.78. The Balaban J connectivity index is 3.39. The largest absolute Gasteiger partial charge is 0.496 e. The topological polar surface area (TPSA) is 134 Å². The van der Waals surface area contributed by atoms with Crippen LogP contribution < -0.4 is 10.1 Å². The van der Waals surface area contributed by atoms with Crippen molar-refractivity contribution in [3.05, 3.63) is 32.4 Å². The lowest BCUT2D eigenvalue weighted by molar-refractivity contribution is -0.392. The van der Waals surface area contributed by atoms with Crippen molar-refractivity contribution in [2.45, 2.75) is 6.92 Å². The van der Waals surface area contributed by atoms with Crippen molar-refractivity contribution in [2.75, 3.05) is 19.0 Å². The second-order valence-corrected chi connectivity index (χ2v) is 3.40. The van der Waals surface area contributed by atoms with E-state index in [1.165, 1.54) is 14.0 Å². The first-order chi connectivity index (χ1) is 9.40. The second kappa shape index (κ2) is 6.31. The van der Waals surface area contributed by atoms with Gasteiger partial charge in [0.05, 0.1) is 35.7 Å². The fraction of sp³-hybridized carbons (Fsp3) is 0.300. The van der Waals surface area contributed by atoms with Crippen LogP contribution in [0.4, 0.5) is 21.9 Å². The first kappa shape index (κ1) is 15.1. The van der Waals surface area contributed by atoms with Gasteiger partial charge in [-0.3, -0.25) is 25.5 Å². The Labute approximate surface area is 112 Å². The number of ether oxygens (including phenoxy) is 2. The summed E-state index contributed by atoms with van der Waals surface area (Å²) >= 11 is 0. The molecule has 0 aromatic heterocycles. The van der Waals surface area contributed by atoms with Crippen LogP contribution in [0.1, 0.15) is 6.92 Å². The Bertz CT molecular complexity index is 523. The van der Waals surface area contributed by atoms with Gasteiger partial charge < -0.3 is 9.47 Å². The van der Waals surface area contributed by atoms with Gasteiger partial charge in [-0.2, -0.15) is 0 Å². The SMILES string of the molecule is CCOC(=O)Nc1c([N+](=O)[O-])cc(OC)cc1[N+](=O)[O-]. The predicted molar refractivity (Wildman–Crippen MR) is 66.9 cm³/mol. The molecule has 0 atom stereocenters. The van der Waals surface area contributed by atoms with Crippen LogP contribution in [0.3, 0.4) is 0 Å². The lowest BCUT2D eigenvalue weighted by atomic mass is 10.2. The summed E-state index contributed by atoms with van der Waals surface area (Å²) in [6.45, 7) is 1.54. The third-order valence-electron chi connectivity index (χ3n) is 2.20. The number of carbonyl (C=O) groups excluding carboxylic acids is 1. The minimum Gasteiger partial charge on any atom is -0.496 e. The van der Waals surface area contributed by atoms with Crippen LogP contribution in [-0.2, 0) is 4.74 Å². The van der Waals surface area contributed by atoms with Crippen LogP contribution >= 0.6 is 0 Å². The first-order valence-corrected chi connectivity index (χ1v) is 5.35. The number of nitro groups is 2. The first-order valence-electron chi connectivity index (χ1n) is 5.35. The fourth-order valence-electron chi connectivity index (χ4n) is 1.39.